The quantitative estimate of drug-likeness (QED) is 0.0978. The molecular formula is C25H53O5PS. The van der Waals surface area contributed by atoms with E-state index in [1.165, 1.54) is 108 Å². The number of hydrogen-bond acceptors (Lipinski definition) is 4. The Bertz CT molecular complexity index is 433. The topological polar surface area (TPSA) is 76.0 Å². The molecule has 2 atom stereocenters. The van der Waals surface area contributed by atoms with Crippen LogP contribution in [0.2, 0.25) is 0 Å². The normalized spacial score (nSPS) is 14.0. The monoisotopic (exact) mass is 496 g/mol. The molecule has 0 rings (SSSR count). The van der Waals surface area contributed by atoms with Crippen molar-refractivity contribution in [2.75, 3.05) is 19.0 Å². The largest absolute Gasteiger partial charge is 0.469 e. The lowest BCUT2D eigenvalue weighted by Crippen LogP contribution is -2.24. The zero-order valence-corrected chi connectivity index (χ0v) is 23.0. The van der Waals surface area contributed by atoms with Gasteiger partial charge in [-0.05, 0) is 31.9 Å². The van der Waals surface area contributed by atoms with E-state index in [2.05, 4.69) is 37.1 Å². The number of phosphoric ester groups is 1. The Hall–Kier alpha value is 0.420. The Morgan fingerprint density at radius 2 is 1.22 bits per heavy atom. The Labute approximate surface area is 203 Å². The van der Waals surface area contributed by atoms with Crippen LogP contribution in [-0.2, 0) is 13.8 Å². The van der Waals surface area contributed by atoms with Crippen LogP contribution >= 0.6 is 19.6 Å². The molecule has 0 saturated heterocycles. The van der Waals surface area contributed by atoms with Gasteiger partial charge in [-0.1, -0.05) is 104 Å². The Kier molecular flexibility index (Phi) is 23.5. The molecule has 0 aromatic heterocycles. The van der Waals surface area contributed by atoms with Crippen LogP contribution in [0.1, 0.15) is 130 Å². The first-order valence-electron chi connectivity index (χ1n) is 13.3. The van der Waals surface area contributed by atoms with Crippen LogP contribution in [0.4, 0.5) is 0 Å². The standard InChI is InChI=1S/C25H53O5PS/c1-4-6-8-10-11-12-13-14-16-18-23-32-25(20-17-15-9-7-5-2)24(3)29-21-19-22-30-31(26,27)28/h24-25H,4-23H2,1-3H3,(H2,26,27,28)/t24?,25-/m1/s1. The molecule has 5 nitrogen and oxygen atoms in total. The maximum atomic E-state index is 10.7. The van der Waals surface area contributed by atoms with Crippen LogP contribution in [0, 0.1) is 0 Å². The highest BCUT2D eigenvalue weighted by atomic mass is 32.2. The van der Waals surface area contributed by atoms with E-state index in [0.717, 1.165) is 0 Å². The summed E-state index contributed by atoms with van der Waals surface area (Å²) in [5, 5.41) is 0.498. The summed E-state index contributed by atoms with van der Waals surface area (Å²) in [7, 11) is -4.37. The molecular weight excluding hydrogens is 443 g/mol. The second-order valence-corrected chi connectivity index (χ2v) is 11.6. The van der Waals surface area contributed by atoms with E-state index >= 15 is 0 Å². The molecule has 7 heteroatoms. The summed E-state index contributed by atoms with van der Waals surface area (Å²) in [5.74, 6) is 1.20. The first kappa shape index (κ1) is 32.4. The highest BCUT2D eigenvalue weighted by Gasteiger charge is 2.18. The van der Waals surface area contributed by atoms with Crippen molar-refractivity contribution in [3.8, 4) is 0 Å². The Morgan fingerprint density at radius 3 is 1.75 bits per heavy atom. The molecule has 0 radical (unpaired) electrons. The van der Waals surface area contributed by atoms with Gasteiger partial charge in [-0.3, -0.25) is 4.52 Å². The number of thioether (sulfide) groups is 1. The van der Waals surface area contributed by atoms with Gasteiger partial charge in [0.15, 0.2) is 0 Å². The molecule has 0 aromatic rings. The fraction of sp³-hybridized carbons (Fsp3) is 1.00. The molecule has 0 aliphatic rings. The van der Waals surface area contributed by atoms with Crippen molar-refractivity contribution in [2.45, 2.75) is 141 Å². The van der Waals surface area contributed by atoms with Gasteiger partial charge in [0.05, 0.1) is 12.7 Å². The third-order valence-electron chi connectivity index (χ3n) is 5.87. The van der Waals surface area contributed by atoms with Crippen molar-refractivity contribution in [3.63, 3.8) is 0 Å². The third kappa shape index (κ3) is 23.6. The number of ether oxygens (including phenoxy) is 1. The molecule has 194 valence electrons. The molecule has 0 spiro atoms. The molecule has 0 heterocycles. The van der Waals surface area contributed by atoms with E-state index in [-0.39, 0.29) is 12.7 Å². The lowest BCUT2D eigenvalue weighted by Gasteiger charge is -2.24. The number of hydrogen-bond donors (Lipinski definition) is 2. The first-order valence-corrected chi connectivity index (χ1v) is 15.9. The number of unbranched alkanes of at least 4 members (excludes halogenated alkanes) is 13. The van der Waals surface area contributed by atoms with Crippen molar-refractivity contribution in [2.24, 2.45) is 0 Å². The average Bonchev–Trinajstić information content (AvgIpc) is 2.74. The van der Waals surface area contributed by atoms with E-state index < -0.39 is 7.82 Å². The molecule has 0 aromatic carbocycles. The maximum absolute atomic E-state index is 10.7. The smallest absolute Gasteiger partial charge is 0.377 e. The van der Waals surface area contributed by atoms with Gasteiger partial charge in [0.25, 0.3) is 0 Å². The van der Waals surface area contributed by atoms with Crippen molar-refractivity contribution in [1.82, 2.24) is 0 Å². The minimum absolute atomic E-state index is 0.0322. The van der Waals surface area contributed by atoms with E-state index in [0.29, 0.717) is 18.3 Å². The van der Waals surface area contributed by atoms with E-state index in [1.54, 1.807) is 0 Å². The maximum Gasteiger partial charge on any atom is 0.469 e. The second-order valence-electron chi connectivity index (χ2n) is 9.05. The van der Waals surface area contributed by atoms with Gasteiger partial charge in [0, 0.05) is 11.9 Å². The van der Waals surface area contributed by atoms with Gasteiger partial charge in [-0.2, -0.15) is 11.8 Å². The SMILES string of the molecule is CCCCCCCCCCCCS[C@H](CCCCCCC)C(C)OCCCOP(=O)(O)O. The Balaban J connectivity index is 4.00. The first-order chi connectivity index (χ1) is 15.4. The molecule has 2 N–H and O–H groups in total. The summed E-state index contributed by atoms with van der Waals surface area (Å²) in [6, 6.07) is 0. The molecule has 0 aliphatic heterocycles. The lowest BCUT2D eigenvalue weighted by atomic mass is 10.1. The van der Waals surface area contributed by atoms with Crippen molar-refractivity contribution >= 4 is 19.6 Å². The summed E-state index contributed by atoms with van der Waals surface area (Å²) in [5.41, 5.74) is 0. The fourth-order valence-corrected chi connectivity index (χ4v) is 5.57. The lowest BCUT2D eigenvalue weighted by molar-refractivity contribution is 0.0521. The van der Waals surface area contributed by atoms with Crippen molar-refractivity contribution in [1.29, 1.82) is 0 Å². The molecule has 0 fully saturated rings. The zero-order valence-electron chi connectivity index (χ0n) is 21.3. The summed E-state index contributed by atoms with van der Waals surface area (Å²) in [6.45, 7) is 7.17. The summed E-state index contributed by atoms with van der Waals surface area (Å²) in [4.78, 5) is 17.5. The zero-order chi connectivity index (χ0) is 23.9. The molecule has 0 saturated carbocycles. The third-order valence-corrected chi connectivity index (χ3v) is 7.96. The second kappa shape index (κ2) is 23.2. The number of rotatable bonds is 25. The van der Waals surface area contributed by atoms with Gasteiger partial charge >= 0.3 is 7.82 Å². The summed E-state index contributed by atoms with van der Waals surface area (Å²) >= 11 is 2.06. The van der Waals surface area contributed by atoms with Gasteiger partial charge in [0.1, 0.15) is 0 Å². The van der Waals surface area contributed by atoms with Crippen LogP contribution in [0.15, 0.2) is 0 Å². The predicted octanol–water partition coefficient (Wildman–Crippen LogP) is 8.27. The average molecular weight is 497 g/mol. The van der Waals surface area contributed by atoms with E-state index in [4.69, 9.17) is 14.5 Å². The van der Waals surface area contributed by atoms with Crippen LogP contribution in [0.25, 0.3) is 0 Å². The highest BCUT2D eigenvalue weighted by molar-refractivity contribution is 7.99. The van der Waals surface area contributed by atoms with Gasteiger partial charge in [-0.15, -0.1) is 0 Å². The predicted molar refractivity (Wildman–Crippen MR) is 139 cm³/mol. The summed E-state index contributed by atoms with van der Waals surface area (Å²) < 4.78 is 21.2. The Morgan fingerprint density at radius 1 is 0.719 bits per heavy atom. The minimum Gasteiger partial charge on any atom is -0.377 e. The molecule has 0 bridgehead atoms. The van der Waals surface area contributed by atoms with Crippen LogP contribution in [0.3, 0.4) is 0 Å². The minimum atomic E-state index is -4.37. The molecule has 1 unspecified atom stereocenters. The van der Waals surface area contributed by atoms with Gasteiger partial charge < -0.3 is 14.5 Å². The van der Waals surface area contributed by atoms with E-state index in [9.17, 15) is 4.57 Å². The molecule has 32 heavy (non-hydrogen) atoms. The molecule has 0 amide bonds. The van der Waals surface area contributed by atoms with Crippen LogP contribution in [-0.4, -0.2) is 40.1 Å². The van der Waals surface area contributed by atoms with Crippen molar-refractivity contribution in [3.05, 3.63) is 0 Å². The van der Waals surface area contributed by atoms with Crippen molar-refractivity contribution < 1.29 is 23.6 Å². The van der Waals surface area contributed by atoms with Gasteiger partial charge in [-0.25, -0.2) is 4.57 Å². The molecule has 0 aliphatic carbocycles. The summed E-state index contributed by atoms with van der Waals surface area (Å²) in [6.07, 6.45) is 22.0. The fourth-order valence-electron chi connectivity index (χ4n) is 3.85. The van der Waals surface area contributed by atoms with Crippen LogP contribution < -0.4 is 0 Å². The van der Waals surface area contributed by atoms with E-state index in [1.807, 2.05) is 0 Å². The van der Waals surface area contributed by atoms with Gasteiger partial charge in [0.2, 0.25) is 0 Å². The highest BCUT2D eigenvalue weighted by Crippen LogP contribution is 2.35. The number of phosphoric acid groups is 1. The van der Waals surface area contributed by atoms with Crippen LogP contribution in [0.5, 0.6) is 0 Å².